The highest BCUT2D eigenvalue weighted by Crippen LogP contribution is 2.32. The summed E-state index contributed by atoms with van der Waals surface area (Å²) in [4.78, 5) is 40.0. The smallest absolute Gasteiger partial charge is 0.331 e. The first kappa shape index (κ1) is 20.4. The predicted molar refractivity (Wildman–Crippen MR) is 114 cm³/mol. The molecule has 0 spiro atoms. The average molecular weight is 439 g/mol. The van der Waals surface area contributed by atoms with Crippen LogP contribution in [0.5, 0.6) is 11.5 Å². The molecule has 0 saturated carbocycles. The van der Waals surface area contributed by atoms with Gasteiger partial charge in [0.25, 0.3) is 5.91 Å². The summed E-state index contributed by atoms with van der Waals surface area (Å²) in [6.07, 6.45) is 2.69. The Balaban J connectivity index is 1.23. The first-order valence-electron chi connectivity index (χ1n) is 9.28. The zero-order valence-electron chi connectivity index (χ0n) is 16.1. The molecule has 31 heavy (non-hydrogen) atoms. The number of thiazole rings is 1. The molecule has 0 bridgehead atoms. The molecule has 0 atom stereocenters. The molecule has 1 aliphatic rings. The number of amides is 3. The van der Waals surface area contributed by atoms with Crippen molar-refractivity contribution in [2.24, 2.45) is 0 Å². The maximum atomic E-state index is 12.0. The lowest BCUT2D eigenvalue weighted by Crippen LogP contribution is -2.37. The van der Waals surface area contributed by atoms with E-state index in [1.807, 2.05) is 24.3 Å². The molecule has 2 N–H and O–H groups in total. The summed E-state index contributed by atoms with van der Waals surface area (Å²) in [5.74, 6) is -0.401. The van der Waals surface area contributed by atoms with Gasteiger partial charge >= 0.3 is 12.0 Å². The number of aromatic nitrogens is 1. The third-order valence-electron chi connectivity index (χ3n) is 4.07. The molecule has 158 valence electrons. The maximum Gasteiger partial charge on any atom is 0.331 e. The van der Waals surface area contributed by atoms with Gasteiger partial charge in [0.15, 0.2) is 18.1 Å². The van der Waals surface area contributed by atoms with Crippen molar-refractivity contribution in [2.75, 3.05) is 25.1 Å². The standard InChI is InChI=1S/C21H17N3O6S/c25-18(24-21(27)22-13-5-6-15-16(11-13)29-10-9-28-15)12-30-20(26)8-7-19-23-14-3-1-2-4-17(14)31-19/h1-8,11H,9-10,12H2,(H2,22,24,25,27)/b8-7+. The lowest BCUT2D eigenvalue weighted by atomic mass is 10.2. The average Bonchev–Trinajstić information content (AvgIpc) is 3.19. The molecule has 0 aliphatic carbocycles. The molecule has 0 saturated heterocycles. The molecule has 4 rings (SSSR count). The van der Waals surface area contributed by atoms with Crippen LogP contribution < -0.4 is 20.1 Å². The van der Waals surface area contributed by atoms with Gasteiger partial charge in [0.1, 0.15) is 18.2 Å². The number of urea groups is 1. The minimum absolute atomic E-state index is 0.417. The number of para-hydroxylation sites is 1. The second-order valence-corrected chi connectivity index (χ2v) is 7.38. The van der Waals surface area contributed by atoms with E-state index in [-0.39, 0.29) is 0 Å². The quantitative estimate of drug-likeness (QED) is 0.464. The number of imide groups is 1. The van der Waals surface area contributed by atoms with Crippen LogP contribution in [0.2, 0.25) is 0 Å². The predicted octanol–water partition coefficient (Wildman–Crippen LogP) is 2.97. The fourth-order valence-corrected chi connectivity index (χ4v) is 3.60. The highest BCUT2D eigenvalue weighted by Gasteiger charge is 2.14. The fourth-order valence-electron chi connectivity index (χ4n) is 2.73. The molecule has 0 radical (unpaired) electrons. The molecular formula is C21H17N3O6S. The SMILES string of the molecule is O=C(COC(=O)/C=C/c1nc2ccccc2s1)NC(=O)Nc1ccc2c(c1)OCCO2. The van der Waals surface area contributed by atoms with E-state index in [4.69, 9.17) is 14.2 Å². The summed E-state index contributed by atoms with van der Waals surface area (Å²) in [6, 6.07) is 11.7. The van der Waals surface area contributed by atoms with Crippen molar-refractivity contribution in [2.45, 2.75) is 0 Å². The summed E-state index contributed by atoms with van der Waals surface area (Å²) >= 11 is 1.43. The minimum Gasteiger partial charge on any atom is -0.486 e. The number of hydrogen-bond donors (Lipinski definition) is 2. The van der Waals surface area contributed by atoms with Crippen molar-refractivity contribution in [1.29, 1.82) is 0 Å². The highest BCUT2D eigenvalue weighted by atomic mass is 32.1. The van der Waals surface area contributed by atoms with Gasteiger partial charge in [-0.25, -0.2) is 14.6 Å². The van der Waals surface area contributed by atoms with Crippen LogP contribution in [0, 0.1) is 0 Å². The molecule has 10 heteroatoms. The number of benzene rings is 2. The number of nitrogens with one attached hydrogen (secondary N) is 2. The Labute approximate surface area is 180 Å². The van der Waals surface area contributed by atoms with E-state index in [9.17, 15) is 14.4 Å². The van der Waals surface area contributed by atoms with Gasteiger partial charge in [-0.15, -0.1) is 11.3 Å². The van der Waals surface area contributed by atoms with Gasteiger partial charge in [-0.3, -0.25) is 10.1 Å². The molecule has 3 amide bonds. The number of ether oxygens (including phenoxy) is 3. The summed E-state index contributed by atoms with van der Waals surface area (Å²) < 4.78 is 16.7. The van der Waals surface area contributed by atoms with E-state index >= 15 is 0 Å². The highest BCUT2D eigenvalue weighted by molar-refractivity contribution is 7.19. The van der Waals surface area contributed by atoms with Gasteiger partial charge in [0.2, 0.25) is 0 Å². The van der Waals surface area contributed by atoms with Crippen molar-refractivity contribution in [3.63, 3.8) is 0 Å². The van der Waals surface area contributed by atoms with E-state index in [1.54, 1.807) is 18.2 Å². The lowest BCUT2D eigenvalue weighted by molar-refractivity contribution is -0.143. The molecule has 1 aromatic heterocycles. The van der Waals surface area contributed by atoms with Crippen LogP contribution in [0.1, 0.15) is 5.01 Å². The number of anilines is 1. The van der Waals surface area contributed by atoms with Gasteiger partial charge in [0, 0.05) is 17.8 Å². The minimum atomic E-state index is -0.767. The number of esters is 1. The Morgan fingerprint density at radius 1 is 1.10 bits per heavy atom. The second kappa shape index (κ2) is 9.26. The Morgan fingerprint density at radius 3 is 2.74 bits per heavy atom. The topological polar surface area (TPSA) is 116 Å². The van der Waals surface area contributed by atoms with Crippen LogP contribution in [-0.2, 0) is 14.3 Å². The van der Waals surface area contributed by atoms with Crippen molar-refractivity contribution in [3.05, 3.63) is 53.5 Å². The largest absolute Gasteiger partial charge is 0.486 e. The molecule has 3 aromatic rings. The molecule has 2 aromatic carbocycles. The second-order valence-electron chi connectivity index (χ2n) is 6.32. The molecule has 2 heterocycles. The normalized spacial score (nSPS) is 12.5. The van der Waals surface area contributed by atoms with Gasteiger partial charge < -0.3 is 19.5 Å². The monoisotopic (exact) mass is 439 g/mol. The van der Waals surface area contributed by atoms with Crippen LogP contribution >= 0.6 is 11.3 Å². The van der Waals surface area contributed by atoms with Crippen LogP contribution in [-0.4, -0.2) is 42.7 Å². The van der Waals surface area contributed by atoms with Gasteiger partial charge in [-0.05, 0) is 30.3 Å². The van der Waals surface area contributed by atoms with Crippen LogP contribution in [0.3, 0.4) is 0 Å². The Morgan fingerprint density at radius 2 is 1.90 bits per heavy atom. The molecule has 1 aliphatic heterocycles. The van der Waals surface area contributed by atoms with E-state index < -0.39 is 24.5 Å². The lowest BCUT2D eigenvalue weighted by Gasteiger charge is -2.19. The summed E-state index contributed by atoms with van der Waals surface area (Å²) in [7, 11) is 0. The summed E-state index contributed by atoms with van der Waals surface area (Å²) in [5, 5.41) is 5.23. The first-order chi connectivity index (χ1) is 15.1. The maximum absolute atomic E-state index is 12.0. The Bertz CT molecular complexity index is 1140. The number of hydrogen-bond acceptors (Lipinski definition) is 8. The van der Waals surface area contributed by atoms with E-state index in [2.05, 4.69) is 15.6 Å². The summed E-state index contributed by atoms with van der Waals surface area (Å²) in [5.41, 5.74) is 1.26. The zero-order chi connectivity index (χ0) is 21.6. The zero-order valence-corrected chi connectivity index (χ0v) is 16.9. The number of carbonyl (C=O) groups is 3. The van der Waals surface area contributed by atoms with Crippen molar-refractivity contribution in [1.82, 2.24) is 10.3 Å². The Kier molecular flexibility index (Phi) is 6.08. The molecule has 0 fully saturated rings. The van der Waals surface area contributed by atoms with Gasteiger partial charge in [-0.2, -0.15) is 0 Å². The van der Waals surface area contributed by atoms with Crippen LogP contribution in [0.25, 0.3) is 16.3 Å². The fraction of sp³-hybridized carbons (Fsp3) is 0.143. The summed E-state index contributed by atoms with van der Waals surface area (Å²) in [6.45, 7) is 0.279. The number of fused-ring (bicyclic) bond motifs is 2. The van der Waals surface area contributed by atoms with E-state index in [0.717, 1.165) is 10.2 Å². The number of nitrogens with zero attached hydrogens (tertiary/aromatic N) is 1. The molecule has 0 unspecified atom stereocenters. The first-order valence-corrected chi connectivity index (χ1v) is 10.1. The number of rotatable bonds is 5. The molecule has 9 nitrogen and oxygen atoms in total. The Hall–Kier alpha value is -3.92. The van der Waals surface area contributed by atoms with Gasteiger partial charge in [0.05, 0.1) is 10.2 Å². The van der Waals surface area contributed by atoms with Gasteiger partial charge in [-0.1, -0.05) is 12.1 Å². The van der Waals surface area contributed by atoms with E-state index in [1.165, 1.54) is 23.5 Å². The van der Waals surface area contributed by atoms with Crippen molar-refractivity contribution in [3.8, 4) is 11.5 Å². The van der Waals surface area contributed by atoms with E-state index in [0.29, 0.717) is 35.4 Å². The van der Waals surface area contributed by atoms with Crippen LogP contribution in [0.4, 0.5) is 10.5 Å². The third-order valence-corrected chi connectivity index (χ3v) is 5.07. The van der Waals surface area contributed by atoms with Crippen LogP contribution in [0.15, 0.2) is 48.5 Å². The van der Waals surface area contributed by atoms with Crippen molar-refractivity contribution >= 4 is 51.2 Å². The third kappa shape index (κ3) is 5.37. The van der Waals surface area contributed by atoms with Crippen molar-refractivity contribution < 1.29 is 28.6 Å². The number of carbonyl (C=O) groups excluding carboxylic acids is 3. The molecular weight excluding hydrogens is 422 g/mol.